The Morgan fingerprint density at radius 2 is 1.87 bits per heavy atom. The van der Waals surface area contributed by atoms with Crippen LogP contribution in [0.1, 0.15) is 37.1 Å². The van der Waals surface area contributed by atoms with Crippen LogP contribution in [0, 0.1) is 6.92 Å². The van der Waals surface area contributed by atoms with E-state index >= 15 is 0 Å². The van der Waals surface area contributed by atoms with Gasteiger partial charge in [-0.3, -0.25) is 9.69 Å². The third kappa shape index (κ3) is 4.16. The molecule has 0 spiro atoms. The zero-order valence-corrected chi connectivity index (χ0v) is 19.9. The van der Waals surface area contributed by atoms with Crippen molar-refractivity contribution in [2.75, 3.05) is 19.0 Å². The molecule has 2 aliphatic rings. The molecular formula is C21H23N3O4S3. The van der Waals surface area contributed by atoms with Gasteiger partial charge in [-0.25, -0.2) is 8.42 Å². The van der Waals surface area contributed by atoms with Gasteiger partial charge in [0, 0.05) is 26.2 Å². The molecule has 1 aromatic carbocycles. The molecule has 0 unspecified atom stereocenters. The standard InChI is InChI=1S/C21H23N3O4S3/c1-13-8-10-15(11-9-13)31(26,27)18-20(23(2)3)28-17(22-18)12-16-19(25)24(21(29)30-16)14-6-4-5-7-14/h8-12,14H,4-7H2,1-3H3. The minimum atomic E-state index is -3.90. The van der Waals surface area contributed by atoms with Gasteiger partial charge in [0.1, 0.15) is 4.32 Å². The summed E-state index contributed by atoms with van der Waals surface area (Å²) in [4.78, 5) is 20.9. The van der Waals surface area contributed by atoms with Crippen molar-refractivity contribution in [3.8, 4) is 0 Å². The van der Waals surface area contributed by atoms with E-state index in [0.717, 1.165) is 31.2 Å². The van der Waals surface area contributed by atoms with Gasteiger partial charge in [-0.2, -0.15) is 4.98 Å². The van der Waals surface area contributed by atoms with Gasteiger partial charge in [-0.1, -0.05) is 54.5 Å². The van der Waals surface area contributed by atoms with Gasteiger partial charge < -0.3 is 9.32 Å². The fourth-order valence-electron chi connectivity index (χ4n) is 3.73. The topological polar surface area (TPSA) is 83.7 Å². The molecule has 2 aromatic rings. The van der Waals surface area contributed by atoms with E-state index in [-0.39, 0.29) is 33.6 Å². The Morgan fingerprint density at radius 1 is 1.23 bits per heavy atom. The molecule has 1 aromatic heterocycles. The lowest BCUT2D eigenvalue weighted by molar-refractivity contribution is -0.123. The zero-order chi connectivity index (χ0) is 22.3. The van der Waals surface area contributed by atoms with Gasteiger partial charge in [0.05, 0.1) is 9.80 Å². The first-order valence-corrected chi connectivity index (χ1v) is 12.7. The molecule has 1 amide bonds. The van der Waals surface area contributed by atoms with E-state index in [2.05, 4.69) is 4.98 Å². The fraction of sp³-hybridized carbons (Fsp3) is 0.381. The largest absolute Gasteiger partial charge is 0.420 e. The molecule has 10 heteroatoms. The van der Waals surface area contributed by atoms with Crippen molar-refractivity contribution in [1.29, 1.82) is 0 Å². The quantitative estimate of drug-likeness (QED) is 0.472. The highest BCUT2D eigenvalue weighted by Crippen LogP contribution is 2.38. The molecule has 4 rings (SSSR count). The molecule has 7 nitrogen and oxygen atoms in total. The van der Waals surface area contributed by atoms with Crippen molar-refractivity contribution in [3.63, 3.8) is 0 Å². The molecule has 2 heterocycles. The number of carbonyl (C=O) groups excluding carboxylic acids is 1. The summed E-state index contributed by atoms with van der Waals surface area (Å²) in [6, 6.07) is 6.70. The van der Waals surface area contributed by atoms with Crippen LogP contribution in [0.25, 0.3) is 6.08 Å². The molecule has 164 valence electrons. The first-order chi connectivity index (χ1) is 14.7. The van der Waals surface area contributed by atoms with E-state index in [1.807, 2.05) is 6.92 Å². The Bertz CT molecular complexity index is 1160. The number of anilines is 1. The Hall–Kier alpha value is -2.17. The molecule has 1 aliphatic carbocycles. The maximum atomic E-state index is 13.2. The van der Waals surface area contributed by atoms with Crippen molar-refractivity contribution in [2.45, 2.75) is 48.6 Å². The smallest absolute Gasteiger partial charge is 0.266 e. The first kappa shape index (κ1) is 22.0. The number of nitrogens with zero attached hydrogens (tertiary/aromatic N) is 3. The molecule has 0 bridgehead atoms. The van der Waals surface area contributed by atoms with Crippen LogP contribution in [0.4, 0.5) is 5.88 Å². The minimum Gasteiger partial charge on any atom is -0.420 e. The number of amides is 1. The van der Waals surface area contributed by atoms with E-state index in [1.54, 1.807) is 48.2 Å². The zero-order valence-electron chi connectivity index (χ0n) is 17.5. The van der Waals surface area contributed by atoms with Gasteiger partial charge in [0.25, 0.3) is 5.91 Å². The van der Waals surface area contributed by atoms with Crippen LogP contribution in [0.5, 0.6) is 0 Å². The van der Waals surface area contributed by atoms with Gasteiger partial charge >= 0.3 is 0 Å². The second-order valence-corrected chi connectivity index (χ2v) is 11.4. The molecule has 0 N–H and O–H groups in total. The van der Waals surface area contributed by atoms with E-state index in [1.165, 1.54) is 17.8 Å². The molecule has 1 saturated carbocycles. The predicted octanol–water partition coefficient (Wildman–Crippen LogP) is 4.03. The van der Waals surface area contributed by atoms with Crippen molar-refractivity contribution < 1.29 is 17.6 Å². The summed E-state index contributed by atoms with van der Waals surface area (Å²) < 4.78 is 32.7. The van der Waals surface area contributed by atoms with Crippen molar-refractivity contribution >= 4 is 56.0 Å². The van der Waals surface area contributed by atoms with Crippen LogP contribution in [-0.4, -0.2) is 48.7 Å². The van der Waals surface area contributed by atoms with E-state index in [9.17, 15) is 13.2 Å². The number of sulfone groups is 1. The van der Waals surface area contributed by atoms with Crippen LogP contribution in [0.15, 0.2) is 43.5 Å². The second kappa shape index (κ2) is 8.40. The Balaban J connectivity index is 1.70. The maximum absolute atomic E-state index is 13.2. The molecule has 1 saturated heterocycles. The molecule has 0 atom stereocenters. The average molecular weight is 478 g/mol. The third-order valence-corrected chi connectivity index (χ3v) is 8.35. The van der Waals surface area contributed by atoms with Crippen LogP contribution in [0.2, 0.25) is 0 Å². The summed E-state index contributed by atoms with van der Waals surface area (Å²) in [5.74, 6) is -0.00569. The number of aromatic nitrogens is 1. The normalized spacial score (nSPS) is 19.1. The summed E-state index contributed by atoms with van der Waals surface area (Å²) in [6.07, 6.45) is 5.56. The van der Waals surface area contributed by atoms with Crippen LogP contribution in [-0.2, 0) is 14.6 Å². The number of benzene rings is 1. The minimum absolute atomic E-state index is 0.0568. The predicted molar refractivity (Wildman–Crippen MR) is 125 cm³/mol. The van der Waals surface area contributed by atoms with Crippen molar-refractivity contribution in [3.05, 3.63) is 40.6 Å². The van der Waals surface area contributed by atoms with Gasteiger partial charge in [0.2, 0.25) is 26.6 Å². The second-order valence-electron chi connectivity index (χ2n) is 7.86. The number of thioether (sulfide) groups is 1. The molecule has 2 fully saturated rings. The van der Waals surface area contributed by atoms with Crippen molar-refractivity contribution in [1.82, 2.24) is 9.88 Å². The lowest BCUT2D eigenvalue weighted by Crippen LogP contribution is -2.36. The summed E-state index contributed by atoms with van der Waals surface area (Å²) in [5, 5.41) is -0.182. The Kier molecular flexibility index (Phi) is 5.97. The molecule has 31 heavy (non-hydrogen) atoms. The SMILES string of the molecule is Cc1ccc(S(=O)(=O)c2nc(C=C3SC(=S)N(C4CCCC4)C3=O)oc2N(C)C)cc1. The van der Waals surface area contributed by atoms with E-state index < -0.39 is 9.84 Å². The van der Waals surface area contributed by atoms with Crippen LogP contribution in [0.3, 0.4) is 0 Å². The number of aryl methyl sites for hydroxylation is 1. The lowest BCUT2D eigenvalue weighted by Gasteiger charge is -2.21. The van der Waals surface area contributed by atoms with Gasteiger partial charge in [-0.05, 0) is 31.9 Å². The molecular weight excluding hydrogens is 454 g/mol. The highest BCUT2D eigenvalue weighted by molar-refractivity contribution is 8.26. The summed E-state index contributed by atoms with van der Waals surface area (Å²) >= 11 is 6.62. The number of oxazole rings is 1. The van der Waals surface area contributed by atoms with Gasteiger partial charge in [-0.15, -0.1) is 0 Å². The number of hydrogen-bond donors (Lipinski definition) is 0. The Morgan fingerprint density at radius 3 is 2.48 bits per heavy atom. The fourth-order valence-corrected chi connectivity index (χ4v) is 6.48. The Labute approximate surface area is 191 Å². The number of carbonyl (C=O) groups is 1. The molecule has 1 aliphatic heterocycles. The third-order valence-electron chi connectivity index (χ3n) is 5.36. The summed E-state index contributed by atoms with van der Waals surface area (Å²) in [5.41, 5.74) is 0.955. The van der Waals surface area contributed by atoms with Crippen LogP contribution >= 0.6 is 24.0 Å². The van der Waals surface area contributed by atoms with E-state index in [0.29, 0.717) is 9.23 Å². The number of hydrogen-bond acceptors (Lipinski definition) is 8. The number of thiocarbonyl (C=S) groups is 1. The van der Waals surface area contributed by atoms with Crippen molar-refractivity contribution in [2.24, 2.45) is 0 Å². The maximum Gasteiger partial charge on any atom is 0.266 e. The number of rotatable bonds is 5. The lowest BCUT2D eigenvalue weighted by atomic mass is 10.2. The monoisotopic (exact) mass is 477 g/mol. The average Bonchev–Trinajstić information content (AvgIpc) is 3.43. The van der Waals surface area contributed by atoms with E-state index in [4.69, 9.17) is 16.6 Å². The highest BCUT2D eigenvalue weighted by atomic mass is 32.2. The summed E-state index contributed by atoms with van der Waals surface area (Å²) in [7, 11) is -0.539. The van der Waals surface area contributed by atoms with Crippen LogP contribution < -0.4 is 4.90 Å². The summed E-state index contributed by atoms with van der Waals surface area (Å²) in [6.45, 7) is 1.89. The highest BCUT2D eigenvalue weighted by Gasteiger charge is 2.38. The molecule has 0 radical (unpaired) electrons. The first-order valence-electron chi connectivity index (χ1n) is 9.95. The van der Waals surface area contributed by atoms with Gasteiger partial charge in [0.15, 0.2) is 0 Å².